The van der Waals surface area contributed by atoms with Crippen LogP contribution in [0.4, 0.5) is 4.79 Å². The normalized spacial score (nSPS) is 18.2. The zero-order valence-electron chi connectivity index (χ0n) is 32.7. The number of Topliss-reactive ketones (excluding diaryl/α,β-unsaturated/α-hetero) is 1. The molecule has 4 N–H and O–H groups in total. The molecule has 4 aliphatic heterocycles. The number of ketones is 1. The molecule has 2 aromatic heterocycles. The fourth-order valence-corrected chi connectivity index (χ4v) is 10.8. The summed E-state index contributed by atoms with van der Waals surface area (Å²) in [6.07, 6.45) is 2.85. The van der Waals surface area contributed by atoms with Crippen LogP contribution in [0.15, 0.2) is 47.8 Å². The third kappa shape index (κ3) is 10.2. The lowest BCUT2D eigenvalue weighted by molar-refractivity contribution is -0.138. The minimum absolute atomic E-state index is 0.101. The number of halogens is 4. The summed E-state index contributed by atoms with van der Waals surface area (Å²) in [6, 6.07) is 10.6. The van der Waals surface area contributed by atoms with E-state index < -0.39 is 23.9 Å². The SMILES string of the molecule is O=C(CCc1scc2c1CN(C1CCC(=O)NC1=O)C2=O)CCc1c(Cl)cccc1Cl.O=C1CCC(N2Cc3cc(CNC(=O)NCc4c(Cl)cccc4Cl)sc3C2=O)C(=O)N1. The molecule has 20 heteroatoms. The van der Waals surface area contributed by atoms with E-state index in [4.69, 9.17) is 46.4 Å². The number of imide groups is 2. The van der Waals surface area contributed by atoms with Gasteiger partial charge in [0, 0.05) is 86.1 Å². The van der Waals surface area contributed by atoms with Crippen molar-refractivity contribution in [2.45, 2.75) is 89.6 Å². The molecule has 0 aliphatic carbocycles. The van der Waals surface area contributed by atoms with Crippen molar-refractivity contribution in [3.8, 4) is 0 Å². The molecule has 4 aromatic rings. The number of nitrogens with one attached hydrogen (secondary N) is 4. The van der Waals surface area contributed by atoms with Gasteiger partial charge in [0.1, 0.15) is 17.9 Å². The van der Waals surface area contributed by atoms with Crippen LogP contribution in [-0.2, 0) is 63.0 Å². The van der Waals surface area contributed by atoms with Crippen LogP contribution in [0.5, 0.6) is 0 Å². The van der Waals surface area contributed by atoms with Gasteiger partial charge in [-0.15, -0.1) is 22.7 Å². The minimum atomic E-state index is -0.631. The Labute approximate surface area is 383 Å². The molecule has 2 saturated heterocycles. The summed E-state index contributed by atoms with van der Waals surface area (Å²) in [4.78, 5) is 102. The summed E-state index contributed by atoms with van der Waals surface area (Å²) in [5, 5.41) is 13.9. The van der Waals surface area contributed by atoms with Crippen LogP contribution in [0, 0.1) is 0 Å². The molecule has 6 heterocycles. The minimum Gasteiger partial charge on any atom is -0.334 e. The second-order valence-corrected chi connectivity index (χ2v) is 18.6. The monoisotopic (exact) mass is 958 g/mol. The maximum Gasteiger partial charge on any atom is 0.315 e. The van der Waals surface area contributed by atoms with E-state index in [1.54, 1.807) is 41.8 Å². The molecule has 0 bridgehead atoms. The van der Waals surface area contributed by atoms with Crippen molar-refractivity contribution >= 4 is 116 Å². The van der Waals surface area contributed by atoms with Crippen LogP contribution in [0.3, 0.4) is 0 Å². The van der Waals surface area contributed by atoms with Crippen LogP contribution in [-0.4, -0.2) is 69.1 Å². The molecule has 2 fully saturated rings. The molecule has 14 nitrogen and oxygen atoms in total. The fraction of sp³-hybridized carbons (Fsp3) is 0.333. The number of nitrogens with zero attached hydrogens (tertiary/aromatic N) is 2. The number of benzene rings is 2. The highest BCUT2D eigenvalue weighted by atomic mass is 35.5. The van der Waals surface area contributed by atoms with Gasteiger partial charge in [-0.05, 0) is 72.7 Å². The highest BCUT2D eigenvalue weighted by Crippen LogP contribution is 2.36. The number of rotatable bonds is 12. The number of thiophene rings is 2. The van der Waals surface area contributed by atoms with Gasteiger partial charge in [-0.25, -0.2) is 4.79 Å². The average Bonchev–Trinajstić information content (AvgIpc) is 3.98. The van der Waals surface area contributed by atoms with Gasteiger partial charge in [-0.1, -0.05) is 58.5 Å². The first-order valence-corrected chi connectivity index (χ1v) is 22.8. The third-order valence-electron chi connectivity index (χ3n) is 10.9. The summed E-state index contributed by atoms with van der Waals surface area (Å²) < 4.78 is 0. The van der Waals surface area contributed by atoms with Crippen molar-refractivity contribution in [3.05, 3.63) is 110 Å². The Morgan fingerprint density at radius 1 is 0.710 bits per heavy atom. The average molecular weight is 961 g/mol. The highest BCUT2D eigenvalue weighted by Gasteiger charge is 2.42. The molecule has 0 radical (unpaired) electrons. The van der Waals surface area contributed by atoms with Gasteiger partial charge >= 0.3 is 6.03 Å². The van der Waals surface area contributed by atoms with Crippen molar-refractivity contribution in [3.63, 3.8) is 0 Å². The molecule has 324 valence electrons. The molecule has 0 saturated carbocycles. The lowest BCUT2D eigenvalue weighted by Crippen LogP contribution is -2.52. The molecule has 8 amide bonds. The number of fused-ring (bicyclic) bond motifs is 2. The lowest BCUT2D eigenvalue weighted by atomic mass is 10.0. The van der Waals surface area contributed by atoms with Crippen LogP contribution in [0.1, 0.15) is 90.6 Å². The van der Waals surface area contributed by atoms with Gasteiger partial charge in [-0.2, -0.15) is 0 Å². The molecule has 2 unspecified atom stereocenters. The number of amides is 8. The number of hydrogen-bond donors (Lipinski definition) is 4. The molecular formula is C42H38Cl4N6O8S2. The summed E-state index contributed by atoms with van der Waals surface area (Å²) in [7, 11) is 0. The number of carbonyl (C=O) groups excluding carboxylic acids is 8. The van der Waals surface area contributed by atoms with Crippen molar-refractivity contribution < 1.29 is 38.4 Å². The Hall–Kier alpha value is -4.84. The van der Waals surface area contributed by atoms with E-state index in [2.05, 4.69) is 21.3 Å². The Morgan fingerprint density at radius 2 is 1.26 bits per heavy atom. The first-order chi connectivity index (χ1) is 29.7. The molecule has 8 rings (SSSR count). The number of piperidine rings is 2. The number of carbonyl (C=O) groups is 8. The van der Waals surface area contributed by atoms with Crippen molar-refractivity contribution in [2.75, 3.05) is 0 Å². The molecular weight excluding hydrogens is 922 g/mol. The molecule has 4 aliphatic rings. The molecule has 2 aromatic carbocycles. The van der Waals surface area contributed by atoms with E-state index in [-0.39, 0.29) is 61.4 Å². The first-order valence-electron chi connectivity index (χ1n) is 19.6. The fourth-order valence-electron chi connectivity index (χ4n) is 7.62. The van der Waals surface area contributed by atoms with Gasteiger partial charge in [0.2, 0.25) is 23.6 Å². The molecule has 0 spiro atoms. The summed E-state index contributed by atoms with van der Waals surface area (Å²) >= 11 is 27.3. The van der Waals surface area contributed by atoms with Gasteiger partial charge in [0.25, 0.3) is 11.8 Å². The third-order valence-corrected chi connectivity index (χ3v) is 14.6. The summed E-state index contributed by atoms with van der Waals surface area (Å²) in [5.74, 6) is -1.79. The van der Waals surface area contributed by atoms with Crippen molar-refractivity contribution in [2.24, 2.45) is 0 Å². The Bertz CT molecular complexity index is 2460. The van der Waals surface area contributed by atoms with Crippen molar-refractivity contribution in [1.29, 1.82) is 0 Å². The maximum absolute atomic E-state index is 12.8. The summed E-state index contributed by atoms with van der Waals surface area (Å²) in [6.45, 7) is 1.09. The second-order valence-electron chi connectivity index (χ2n) is 14.9. The van der Waals surface area contributed by atoms with Crippen molar-refractivity contribution in [1.82, 2.24) is 31.1 Å². The smallest absolute Gasteiger partial charge is 0.315 e. The Kier molecular flexibility index (Phi) is 14.4. The van der Waals surface area contributed by atoms with Gasteiger partial charge < -0.3 is 20.4 Å². The Balaban J connectivity index is 0.000000186. The number of hydrogen-bond acceptors (Lipinski definition) is 10. The van der Waals surface area contributed by atoms with Crippen LogP contribution < -0.4 is 21.3 Å². The van der Waals surface area contributed by atoms with Crippen LogP contribution in [0.2, 0.25) is 20.1 Å². The zero-order chi connectivity index (χ0) is 44.2. The quantitative estimate of drug-likeness (QED) is 0.112. The second kappa shape index (κ2) is 19.7. The first kappa shape index (κ1) is 45.2. The molecule has 62 heavy (non-hydrogen) atoms. The van der Waals surface area contributed by atoms with E-state index in [0.717, 1.165) is 26.4 Å². The number of urea groups is 1. The largest absolute Gasteiger partial charge is 0.334 e. The standard InChI is InChI=1S/C22H20Cl2N2O4S.C20H18Cl2N4O4S/c23-16-2-1-3-17(24)13(16)6-4-12(27)5-8-19-14-10-26(22(30)15(14)11-31-19)18-7-9-20(28)25-21(18)29;21-13-2-1-3-14(22)12(13)8-24-20(30)23-7-11-6-10-9-26(19(29)17(10)31-11)15-4-5-16(27)25-18(15)28/h1-3,11,18H,4-10H2,(H,25,28,29);1-3,6,15H,4-5,7-9H2,(H2,23,24,30)(H,25,27,28). The molecule has 2 atom stereocenters. The lowest BCUT2D eigenvalue weighted by Gasteiger charge is -2.29. The predicted octanol–water partition coefficient (Wildman–Crippen LogP) is 6.77. The zero-order valence-corrected chi connectivity index (χ0v) is 37.4. The van der Waals surface area contributed by atoms with E-state index >= 15 is 0 Å². The van der Waals surface area contributed by atoms with Crippen LogP contribution >= 0.6 is 69.1 Å². The van der Waals surface area contributed by atoms with E-state index in [0.29, 0.717) is 87.7 Å². The van der Waals surface area contributed by atoms with Gasteiger partial charge in [0.05, 0.1) is 17.0 Å². The van der Waals surface area contributed by atoms with E-state index in [9.17, 15) is 38.4 Å². The highest BCUT2D eigenvalue weighted by molar-refractivity contribution is 7.14. The van der Waals surface area contributed by atoms with Gasteiger partial charge in [-0.3, -0.25) is 44.2 Å². The van der Waals surface area contributed by atoms with Gasteiger partial charge in [0.15, 0.2) is 0 Å². The van der Waals surface area contributed by atoms with E-state index in [1.165, 1.54) is 32.5 Å². The predicted molar refractivity (Wildman–Crippen MR) is 234 cm³/mol. The number of aryl methyl sites for hydroxylation is 1. The summed E-state index contributed by atoms with van der Waals surface area (Å²) in [5.41, 5.74) is 3.72. The maximum atomic E-state index is 12.8. The van der Waals surface area contributed by atoms with Crippen LogP contribution in [0.25, 0.3) is 0 Å². The topological polar surface area (TPSA) is 191 Å². The Morgan fingerprint density at radius 3 is 1.84 bits per heavy atom. The van der Waals surface area contributed by atoms with E-state index in [1.807, 2.05) is 6.07 Å².